The van der Waals surface area contributed by atoms with Gasteiger partial charge in [0.15, 0.2) is 0 Å². The molecule has 21 heavy (non-hydrogen) atoms. The number of hydrogen-bond donors (Lipinski definition) is 1. The van der Waals surface area contributed by atoms with E-state index in [0.717, 1.165) is 25.3 Å². The minimum absolute atomic E-state index is 0.807. The van der Waals surface area contributed by atoms with Crippen LogP contribution in [0.15, 0.2) is 55.0 Å². The molecule has 0 saturated carbocycles. The molecule has 0 spiro atoms. The molecule has 2 heterocycles. The highest BCUT2D eigenvalue weighted by molar-refractivity contribution is 5.27. The lowest BCUT2D eigenvalue weighted by molar-refractivity contribution is 0.313. The quantitative estimate of drug-likeness (QED) is 0.754. The van der Waals surface area contributed by atoms with Crippen LogP contribution in [0.1, 0.15) is 16.8 Å². The molecule has 0 aliphatic heterocycles. The van der Waals surface area contributed by atoms with Crippen LogP contribution in [0.2, 0.25) is 0 Å². The number of aromatic nitrogens is 4. The van der Waals surface area contributed by atoms with Crippen molar-refractivity contribution in [1.82, 2.24) is 24.9 Å². The Balaban J connectivity index is 1.69. The van der Waals surface area contributed by atoms with Gasteiger partial charge in [-0.3, -0.25) is 14.7 Å². The summed E-state index contributed by atoms with van der Waals surface area (Å²) in [4.78, 5) is 2.27. The van der Waals surface area contributed by atoms with E-state index in [2.05, 4.69) is 51.5 Å². The molecule has 0 saturated heterocycles. The molecule has 1 aromatic carbocycles. The lowest BCUT2D eigenvalue weighted by atomic mass is 10.1. The molecule has 3 aromatic rings. The zero-order chi connectivity index (χ0) is 14.5. The van der Waals surface area contributed by atoms with Gasteiger partial charge in [-0.2, -0.15) is 10.2 Å². The summed E-state index contributed by atoms with van der Waals surface area (Å²) < 4.78 is 1.95. The highest BCUT2D eigenvalue weighted by Gasteiger charge is 2.07. The highest BCUT2D eigenvalue weighted by Crippen LogP contribution is 2.13. The molecule has 0 atom stereocenters. The van der Waals surface area contributed by atoms with E-state index in [1.165, 1.54) is 11.1 Å². The minimum atomic E-state index is 0.807. The zero-order valence-electron chi connectivity index (χ0n) is 12.1. The maximum absolute atomic E-state index is 4.28. The molecule has 1 N–H and O–H groups in total. The Labute approximate surface area is 124 Å². The lowest BCUT2D eigenvalue weighted by Gasteiger charge is -2.18. The van der Waals surface area contributed by atoms with Gasteiger partial charge in [0, 0.05) is 37.4 Å². The maximum Gasteiger partial charge on any atom is 0.0662 e. The molecule has 5 heteroatoms. The smallest absolute Gasteiger partial charge is 0.0662 e. The van der Waals surface area contributed by atoms with Crippen LogP contribution in [0.25, 0.3) is 0 Å². The van der Waals surface area contributed by atoms with Crippen LogP contribution in [-0.4, -0.2) is 31.9 Å². The second kappa shape index (κ2) is 6.37. The van der Waals surface area contributed by atoms with Crippen LogP contribution >= 0.6 is 0 Å². The molecule has 0 aliphatic rings. The summed E-state index contributed by atoms with van der Waals surface area (Å²) >= 11 is 0. The molecular weight excluding hydrogens is 262 g/mol. The third-order valence-corrected chi connectivity index (χ3v) is 3.45. The largest absolute Gasteiger partial charge is 0.296 e. The molecule has 5 nitrogen and oxygen atoms in total. The van der Waals surface area contributed by atoms with Crippen molar-refractivity contribution in [2.75, 3.05) is 7.05 Å². The van der Waals surface area contributed by atoms with Crippen molar-refractivity contribution in [2.24, 2.45) is 0 Å². The standard InChI is InChI=1S/C16H19N5/c1-20(13-16-7-9-17-19-16)11-14-5-2-3-6-15(14)12-21-10-4-8-18-21/h2-10H,11-13H2,1H3,(H,17,19). The summed E-state index contributed by atoms with van der Waals surface area (Å²) in [5.74, 6) is 0. The average molecular weight is 281 g/mol. The third kappa shape index (κ3) is 3.58. The van der Waals surface area contributed by atoms with Crippen molar-refractivity contribution < 1.29 is 0 Å². The number of benzene rings is 1. The van der Waals surface area contributed by atoms with Gasteiger partial charge in [-0.15, -0.1) is 0 Å². The maximum atomic E-state index is 4.28. The fraction of sp³-hybridized carbons (Fsp3) is 0.250. The summed E-state index contributed by atoms with van der Waals surface area (Å²) in [6.07, 6.45) is 5.59. The molecule has 0 fully saturated rings. The van der Waals surface area contributed by atoms with Gasteiger partial charge < -0.3 is 0 Å². The summed E-state index contributed by atoms with van der Waals surface area (Å²) in [6, 6.07) is 12.5. The fourth-order valence-electron chi connectivity index (χ4n) is 2.44. The van der Waals surface area contributed by atoms with Crippen LogP contribution < -0.4 is 0 Å². The highest BCUT2D eigenvalue weighted by atomic mass is 15.3. The molecule has 2 aromatic heterocycles. The summed E-state index contributed by atoms with van der Waals surface area (Å²) in [5.41, 5.74) is 3.76. The predicted molar refractivity (Wildman–Crippen MR) is 81.5 cm³/mol. The second-order valence-electron chi connectivity index (χ2n) is 5.23. The van der Waals surface area contributed by atoms with Crippen molar-refractivity contribution in [3.8, 4) is 0 Å². The van der Waals surface area contributed by atoms with Crippen molar-refractivity contribution in [3.63, 3.8) is 0 Å². The number of H-pyrrole nitrogens is 1. The molecule has 108 valence electrons. The predicted octanol–water partition coefficient (Wildman–Crippen LogP) is 2.29. The van der Waals surface area contributed by atoms with Crippen LogP contribution in [0.5, 0.6) is 0 Å². The molecule has 0 aliphatic carbocycles. The van der Waals surface area contributed by atoms with Gasteiger partial charge in [-0.05, 0) is 30.3 Å². The monoisotopic (exact) mass is 281 g/mol. The third-order valence-electron chi connectivity index (χ3n) is 3.45. The van der Waals surface area contributed by atoms with Crippen molar-refractivity contribution >= 4 is 0 Å². The summed E-state index contributed by atoms with van der Waals surface area (Å²) in [5, 5.41) is 11.3. The topological polar surface area (TPSA) is 49.7 Å². The Morgan fingerprint density at radius 3 is 2.62 bits per heavy atom. The first-order chi connectivity index (χ1) is 10.3. The van der Waals surface area contributed by atoms with Gasteiger partial charge in [0.1, 0.15) is 0 Å². The van der Waals surface area contributed by atoms with E-state index >= 15 is 0 Å². The normalized spacial score (nSPS) is 11.1. The number of hydrogen-bond acceptors (Lipinski definition) is 3. The molecule has 0 amide bonds. The van der Waals surface area contributed by atoms with E-state index in [1.807, 2.05) is 29.2 Å². The van der Waals surface area contributed by atoms with Gasteiger partial charge in [-0.1, -0.05) is 24.3 Å². The molecule has 3 rings (SSSR count). The first-order valence-corrected chi connectivity index (χ1v) is 7.02. The summed E-state index contributed by atoms with van der Waals surface area (Å²) in [7, 11) is 2.12. The second-order valence-corrected chi connectivity index (χ2v) is 5.23. The summed E-state index contributed by atoms with van der Waals surface area (Å²) in [6.45, 7) is 2.56. The Morgan fingerprint density at radius 2 is 1.90 bits per heavy atom. The van der Waals surface area contributed by atoms with Gasteiger partial charge >= 0.3 is 0 Å². The van der Waals surface area contributed by atoms with Crippen molar-refractivity contribution in [3.05, 3.63) is 71.8 Å². The number of aromatic amines is 1. The van der Waals surface area contributed by atoms with E-state index in [4.69, 9.17) is 0 Å². The Kier molecular flexibility index (Phi) is 4.12. The van der Waals surface area contributed by atoms with Crippen LogP contribution in [0, 0.1) is 0 Å². The first-order valence-electron chi connectivity index (χ1n) is 7.02. The first kappa shape index (κ1) is 13.6. The molecular formula is C16H19N5. The number of nitrogens with one attached hydrogen (secondary N) is 1. The Bertz CT molecular complexity index is 658. The molecule has 0 bridgehead atoms. The van der Waals surface area contributed by atoms with Gasteiger partial charge in [0.05, 0.1) is 6.54 Å². The van der Waals surface area contributed by atoms with Crippen molar-refractivity contribution in [1.29, 1.82) is 0 Å². The number of nitrogens with zero attached hydrogens (tertiary/aromatic N) is 4. The van der Waals surface area contributed by atoms with E-state index < -0.39 is 0 Å². The van der Waals surface area contributed by atoms with Crippen LogP contribution in [0.4, 0.5) is 0 Å². The van der Waals surface area contributed by atoms with Gasteiger partial charge in [-0.25, -0.2) is 0 Å². The average Bonchev–Trinajstić information content (AvgIpc) is 3.14. The zero-order valence-corrected chi connectivity index (χ0v) is 12.1. The van der Waals surface area contributed by atoms with E-state index in [9.17, 15) is 0 Å². The number of rotatable bonds is 6. The van der Waals surface area contributed by atoms with Crippen molar-refractivity contribution in [2.45, 2.75) is 19.6 Å². The van der Waals surface area contributed by atoms with E-state index in [0.29, 0.717) is 0 Å². The minimum Gasteiger partial charge on any atom is -0.296 e. The van der Waals surface area contributed by atoms with Crippen LogP contribution in [0.3, 0.4) is 0 Å². The molecule has 0 unspecified atom stereocenters. The van der Waals surface area contributed by atoms with Crippen LogP contribution in [-0.2, 0) is 19.6 Å². The Morgan fingerprint density at radius 1 is 1.05 bits per heavy atom. The Hall–Kier alpha value is -2.40. The SMILES string of the molecule is CN(Cc1ccn[nH]1)Cc1ccccc1Cn1cccn1. The van der Waals surface area contributed by atoms with Gasteiger partial charge in [0.2, 0.25) is 0 Å². The van der Waals surface area contributed by atoms with E-state index in [-0.39, 0.29) is 0 Å². The van der Waals surface area contributed by atoms with Gasteiger partial charge in [0.25, 0.3) is 0 Å². The molecule has 0 radical (unpaired) electrons. The lowest BCUT2D eigenvalue weighted by Crippen LogP contribution is -2.19. The van der Waals surface area contributed by atoms with E-state index in [1.54, 1.807) is 6.20 Å². The fourth-order valence-corrected chi connectivity index (χ4v) is 2.44.